The predicted octanol–water partition coefficient (Wildman–Crippen LogP) is 1.53. The summed E-state index contributed by atoms with van der Waals surface area (Å²) in [5.74, 6) is 2.67. The Bertz CT molecular complexity index is 736. The van der Waals surface area contributed by atoms with Crippen LogP contribution in [0.1, 0.15) is 30.3 Å². The molecule has 2 aromatic heterocycles. The molecule has 0 unspecified atom stereocenters. The lowest BCUT2D eigenvalue weighted by molar-refractivity contribution is -0.139. The van der Waals surface area contributed by atoms with Crippen LogP contribution in [0.3, 0.4) is 0 Å². The van der Waals surface area contributed by atoms with Crippen LogP contribution in [0.15, 0.2) is 27.3 Å². The Balaban J connectivity index is 1.26. The van der Waals surface area contributed by atoms with Crippen molar-refractivity contribution in [1.29, 1.82) is 0 Å². The van der Waals surface area contributed by atoms with Gasteiger partial charge in [0.05, 0.1) is 25.3 Å². The zero-order valence-corrected chi connectivity index (χ0v) is 15.8. The number of piperazine rings is 1. The lowest BCUT2D eigenvalue weighted by Gasteiger charge is -2.38. The minimum Gasteiger partial charge on any atom is -0.468 e. The summed E-state index contributed by atoms with van der Waals surface area (Å²) in [5, 5.41) is 3.95. The Morgan fingerprint density at radius 3 is 2.74 bits per heavy atom. The fourth-order valence-electron chi connectivity index (χ4n) is 4.01. The molecule has 8 nitrogen and oxygen atoms in total. The van der Waals surface area contributed by atoms with E-state index in [4.69, 9.17) is 8.94 Å². The average Bonchev–Trinajstić information content (AvgIpc) is 3.34. The fraction of sp³-hybridized carbons (Fsp3) is 0.632. The van der Waals surface area contributed by atoms with E-state index in [0.717, 1.165) is 64.4 Å². The molecule has 8 heteroatoms. The highest BCUT2D eigenvalue weighted by Crippen LogP contribution is 2.21. The highest BCUT2D eigenvalue weighted by atomic mass is 16.5. The summed E-state index contributed by atoms with van der Waals surface area (Å²) in [5.41, 5.74) is 0. The number of rotatable bonds is 5. The zero-order chi connectivity index (χ0) is 18.6. The number of amides is 1. The zero-order valence-electron chi connectivity index (χ0n) is 15.8. The maximum atomic E-state index is 13.0. The largest absolute Gasteiger partial charge is 0.468 e. The van der Waals surface area contributed by atoms with Crippen LogP contribution in [-0.2, 0) is 17.9 Å². The van der Waals surface area contributed by atoms with Gasteiger partial charge in [0, 0.05) is 39.6 Å². The third-order valence-electron chi connectivity index (χ3n) is 5.43. The first-order valence-corrected chi connectivity index (χ1v) is 9.72. The molecular formula is C19H27N5O3. The van der Waals surface area contributed by atoms with Crippen LogP contribution >= 0.6 is 0 Å². The first-order valence-electron chi connectivity index (χ1n) is 9.72. The van der Waals surface area contributed by atoms with Crippen LogP contribution in [0.4, 0.5) is 0 Å². The van der Waals surface area contributed by atoms with E-state index in [1.165, 1.54) is 0 Å². The van der Waals surface area contributed by atoms with Gasteiger partial charge in [-0.25, -0.2) is 0 Å². The summed E-state index contributed by atoms with van der Waals surface area (Å²) >= 11 is 0. The fourth-order valence-corrected chi connectivity index (χ4v) is 4.01. The second kappa shape index (κ2) is 8.22. The van der Waals surface area contributed by atoms with Crippen LogP contribution in [-0.4, -0.2) is 70.0 Å². The quantitative estimate of drug-likeness (QED) is 0.786. The molecule has 2 aliphatic heterocycles. The third kappa shape index (κ3) is 4.56. The number of hydrogen-bond donors (Lipinski definition) is 0. The van der Waals surface area contributed by atoms with E-state index in [1.807, 2.05) is 17.0 Å². The van der Waals surface area contributed by atoms with Gasteiger partial charge >= 0.3 is 0 Å². The van der Waals surface area contributed by atoms with Crippen molar-refractivity contribution >= 4 is 5.91 Å². The number of furan rings is 1. The van der Waals surface area contributed by atoms with E-state index < -0.39 is 0 Å². The Hall–Kier alpha value is -2.19. The van der Waals surface area contributed by atoms with Gasteiger partial charge in [-0.1, -0.05) is 5.16 Å². The van der Waals surface area contributed by atoms with E-state index in [0.29, 0.717) is 24.2 Å². The van der Waals surface area contributed by atoms with Crippen LogP contribution in [0.5, 0.6) is 0 Å². The molecule has 2 aliphatic rings. The SMILES string of the molecule is Cc1nc(CN2CCN(C(=O)[C@@H]3CCCN(Cc4ccco4)C3)CC2)no1. The van der Waals surface area contributed by atoms with E-state index in [1.54, 1.807) is 13.2 Å². The number of carbonyl (C=O) groups is 1. The molecule has 0 N–H and O–H groups in total. The van der Waals surface area contributed by atoms with Crippen molar-refractivity contribution in [3.05, 3.63) is 35.9 Å². The molecule has 4 rings (SSSR count). The highest BCUT2D eigenvalue weighted by Gasteiger charge is 2.31. The molecular weight excluding hydrogens is 346 g/mol. The normalized spacial score (nSPS) is 22.3. The molecule has 146 valence electrons. The average molecular weight is 373 g/mol. The number of nitrogens with zero attached hydrogens (tertiary/aromatic N) is 5. The highest BCUT2D eigenvalue weighted by molar-refractivity contribution is 5.79. The van der Waals surface area contributed by atoms with Gasteiger partial charge in [-0.05, 0) is 31.5 Å². The summed E-state index contributed by atoms with van der Waals surface area (Å²) in [6.45, 7) is 8.35. The monoisotopic (exact) mass is 373 g/mol. The molecule has 0 saturated carbocycles. The number of hydrogen-bond acceptors (Lipinski definition) is 7. The van der Waals surface area contributed by atoms with Crippen LogP contribution in [0, 0.1) is 12.8 Å². The van der Waals surface area contributed by atoms with Crippen molar-refractivity contribution < 1.29 is 13.7 Å². The number of aryl methyl sites for hydroxylation is 1. The molecule has 2 saturated heterocycles. The molecule has 2 fully saturated rings. The lowest BCUT2D eigenvalue weighted by Crippen LogP contribution is -2.52. The molecule has 0 aliphatic carbocycles. The summed E-state index contributed by atoms with van der Waals surface area (Å²) in [7, 11) is 0. The molecule has 0 spiro atoms. The summed E-state index contributed by atoms with van der Waals surface area (Å²) in [6.07, 6.45) is 3.75. The van der Waals surface area contributed by atoms with Gasteiger partial charge in [-0.15, -0.1) is 0 Å². The maximum absolute atomic E-state index is 13.0. The molecule has 27 heavy (non-hydrogen) atoms. The maximum Gasteiger partial charge on any atom is 0.227 e. The number of carbonyl (C=O) groups excluding carboxylic acids is 1. The number of aromatic nitrogens is 2. The smallest absolute Gasteiger partial charge is 0.227 e. The summed E-state index contributed by atoms with van der Waals surface area (Å²) in [4.78, 5) is 23.9. The first kappa shape index (κ1) is 18.2. The molecule has 1 amide bonds. The molecule has 4 heterocycles. The predicted molar refractivity (Wildman–Crippen MR) is 97.6 cm³/mol. The standard InChI is InChI=1S/C19H27N5O3/c1-15-20-18(21-27-15)14-22-7-9-24(10-8-22)19(25)16-4-2-6-23(12-16)13-17-5-3-11-26-17/h3,5,11,16H,2,4,6-10,12-14H2,1H3/t16-/m1/s1. The number of piperidine rings is 1. The van der Waals surface area contributed by atoms with E-state index in [2.05, 4.69) is 19.9 Å². The molecule has 0 radical (unpaired) electrons. The van der Waals surface area contributed by atoms with E-state index >= 15 is 0 Å². The molecule has 0 aromatic carbocycles. The second-order valence-corrected chi connectivity index (χ2v) is 7.48. The third-order valence-corrected chi connectivity index (χ3v) is 5.43. The van der Waals surface area contributed by atoms with Crippen molar-refractivity contribution in [1.82, 2.24) is 24.8 Å². The van der Waals surface area contributed by atoms with Gasteiger partial charge in [0.1, 0.15) is 5.76 Å². The van der Waals surface area contributed by atoms with Gasteiger partial charge in [0.15, 0.2) is 5.82 Å². The van der Waals surface area contributed by atoms with Gasteiger partial charge < -0.3 is 13.8 Å². The minimum atomic E-state index is 0.0973. The van der Waals surface area contributed by atoms with E-state index in [9.17, 15) is 4.79 Å². The van der Waals surface area contributed by atoms with Gasteiger partial charge in [0.25, 0.3) is 0 Å². The van der Waals surface area contributed by atoms with E-state index in [-0.39, 0.29) is 5.92 Å². The summed E-state index contributed by atoms with van der Waals surface area (Å²) in [6, 6.07) is 3.91. The molecule has 1 atom stereocenters. The van der Waals surface area contributed by atoms with Crippen molar-refractivity contribution in [2.75, 3.05) is 39.3 Å². The van der Waals surface area contributed by atoms with Gasteiger partial charge in [-0.3, -0.25) is 14.6 Å². The van der Waals surface area contributed by atoms with Gasteiger partial charge in [0.2, 0.25) is 11.8 Å². The topological polar surface area (TPSA) is 78.9 Å². The number of likely N-dealkylation sites (tertiary alicyclic amines) is 1. The lowest BCUT2D eigenvalue weighted by atomic mass is 9.96. The summed E-state index contributed by atoms with van der Waals surface area (Å²) < 4.78 is 10.5. The van der Waals surface area contributed by atoms with Crippen molar-refractivity contribution in [2.45, 2.75) is 32.9 Å². The van der Waals surface area contributed by atoms with Crippen LogP contribution < -0.4 is 0 Å². The molecule has 0 bridgehead atoms. The van der Waals surface area contributed by atoms with Crippen molar-refractivity contribution in [3.63, 3.8) is 0 Å². The Morgan fingerprint density at radius 1 is 1.19 bits per heavy atom. The Morgan fingerprint density at radius 2 is 2.04 bits per heavy atom. The minimum absolute atomic E-state index is 0.0973. The Labute approximate surface area is 159 Å². The molecule has 2 aromatic rings. The second-order valence-electron chi connectivity index (χ2n) is 7.48. The van der Waals surface area contributed by atoms with Crippen LogP contribution in [0.2, 0.25) is 0 Å². The first-order chi connectivity index (χ1) is 13.2. The van der Waals surface area contributed by atoms with Gasteiger partial charge in [-0.2, -0.15) is 4.98 Å². The van der Waals surface area contributed by atoms with Crippen LogP contribution in [0.25, 0.3) is 0 Å². The Kier molecular flexibility index (Phi) is 5.54. The van der Waals surface area contributed by atoms with Crippen molar-refractivity contribution in [3.8, 4) is 0 Å². The van der Waals surface area contributed by atoms with Crippen molar-refractivity contribution in [2.24, 2.45) is 5.92 Å².